The molecule has 0 unspecified atom stereocenters. The highest BCUT2D eigenvalue weighted by atomic mass is 16.7. The van der Waals surface area contributed by atoms with E-state index in [2.05, 4.69) is 64.1 Å². The Balaban J connectivity index is 2.21. The van der Waals surface area contributed by atoms with Crippen molar-refractivity contribution in [1.29, 1.82) is 0 Å². The van der Waals surface area contributed by atoms with E-state index in [0.717, 1.165) is 11.3 Å². The van der Waals surface area contributed by atoms with Gasteiger partial charge < -0.3 is 9.47 Å². The molecule has 0 bridgehead atoms. The van der Waals surface area contributed by atoms with Crippen LogP contribution >= 0.6 is 0 Å². The van der Waals surface area contributed by atoms with Gasteiger partial charge in [0.05, 0.1) is 0 Å². The molecule has 136 valence electrons. The molecule has 0 aliphatic carbocycles. The zero-order valence-electron chi connectivity index (χ0n) is 16.4. The number of hydrogen-bond acceptors (Lipinski definition) is 2. The first-order valence-electron chi connectivity index (χ1n) is 9.52. The summed E-state index contributed by atoms with van der Waals surface area (Å²) in [7, 11) is 0. The molecule has 2 aromatic carbocycles. The highest BCUT2D eigenvalue weighted by Gasteiger charge is 2.25. The molecular weight excluding hydrogens is 308 g/mol. The molecule has 2 nitrogen and oxygen atoms in total. The topological polar surface area (TPSA) is 18.5 Å². The van der Waals surface area contributed by atoms with Crippen LogP contribution in [0.1, 0.15) is 58.1 Å². The van der Waals surface area contributed by atoms with Crippen LogP contribution in [-0.4, -0.2) is 13.4 Å². The Hall–Kier alpha value is -1.80. The molecule has 0 spiro atoms. The number of benzene rings is 2. The highest BCUT2D eigenvalue weighted by Crippen LogP contribution is 2.36. The monoisotopic (exact) mass is 340 g/mol. The minimum Gasteiger partial charge on any atom is -0.467 e. The minimum atomic E-state index is 0.304. The van der Waals surface area contributed by atoms with E-state index in [-0.39, 0.29) is 0 Å². The van der Waals surface area contributed by atoms with E-state index in [4.69, 9.17) is 9.47 Å². The average molecular weight is 341 g/mol. The van der Waals surface area contributed by atoms with Crippen LogP contribution in [-0.2, 0) is 10.2 Å². The fourth-order valence-corrected chi connectivity index (χ4v) is 3.56. The number of rotatable bonds is 9. The van der Waals surface area contributed by atoms with Gasteiger partial charge in [-0.05, 0) is 72.9 Å². The molecule has 0 atom stereocenters. The van der Waals surface area contributed by atoms with Crippen molar-refractivity contribution in [3.8, 4) is 16.9 Å². The zero-order chi connectivity index (χ0) is 18.3. The van der Waals surface area contributed by atoms with E-state index in [9.17, 15) is 0 Å². The van der Waals surface area contributed by atoms with Gasteiger partial charge >= 0.3 is 0 Å². The predicted octanol–water partition coefficient (Wildman–Crippen LogP) is 6.50. The van der Waals surface area contributed by atoms with E-state index in [0.29, 0.717) is 18.8 Å². The van der Waals surface area contributed by atoms with Gasteiger partial charge in [0.1, 0.15) is 5.75 Å². The third-order valence-corrected chi connectivity index (χ3v) is 5.54. The molecule has 2 aromatic rings. The molecule has 0 saturated heterocycles. The van der Waals surface area contributed by atoms with Crippen LogP contribution < -0.4 is 4.74 Å². The lowest BCUT2D eigenvalue weighted by Crippen LogP contribution is -2.23. The second-order valence-electron chi connectivity index (χ2n) is 6.65. The van der Waals surface area contributed by atoms with Crippen LogP contribution in [0.4, 0.5) is 0 Å². The van der Waals surface area contributed by atoms with Crippen molar-refractivity contribution < 1.29 is 9.47 Å². The molecule has 0 amide bonds. The maximum absolute atomic E-state index is 5.65. The van der Waals surface area contributed by atoms with Crippen molar-refractivity contribution in [1.82, 2.24) is 0 Å². The fraction of sp³-hybridized carbons (Fsp3) is 0.478. The first-order chi connectivity index (χ1) is 12.1. The van der Waals surface area contributed by atoms with Gasteiger partial charge in [0.15, 0.2) is 6.79 Å². The number of hydrogen-bond donors (Lipinski definition) is 0. The smallest absolute Gasteiger partial charge is 0.189 e. The van der Waals surface area contributed by atoms with E-state index >= 15 is 0 Å². The van der Waals surface area contributed by atoms with Gasteiger partial charge in [-0.1, -0.05) is 51.1 Å². The van der Waals surface area contributed by atoms with Crippen molar-refractivity contribution in [2.45, 2.75) is 59.3 Å². The van der Waals surface area contributed by atoms with Gasteiger partial charge in [-0.15, -0.1) is 0 Å². The Bertz CT molecular complexity index is 646. The Morgan fingerprint density at radius 3 is 1.92 bits per heavy atom. The molecule has 25 heavy (non-hydrogen) atoms. The van der Waals surface area contributed by atoms with Crippen LogP contribution in [0, 0.1) is 6.92 Å². The van der Waals surface area contributed by atoms with Crippen molar-refractivity contribution in [3.63, 3.8) is 0 Å². The van der Waals surface area contributed by atoms with E-state index < -0.39 is 0 Å². The normalized spacial score (nSPS) is 11.6. The molecular formula is C23H32O2. The highest BCUT2D eigenvalue weighted by molar-refractivity contribution is 5.66. The molecule has 0 heterocycles. The van der Waals surface area contributed by atoms with Crippen molar-refractivity contribution in [2.75, 3.05) is 13.4 Å². The lowest BCUT2D eigenvalue weighted by molar-refractivity contribution is 0.0220. The van der Waals surface area contributed by atoms with Gasteiger partial charge in [0, 0.05) is 6.61 Å². The molecule has 0 saturated carbocycles. The van der Waals surface area contributed by atoms with E-state index in [1.807, 2.05) is 13.0 Å². The standard InChI is InChI=1S/C23H32O2/c1-6-23(7-2,8-3)21-13-10-19(11-14-21)20-12-15-22(18(5)16-20)25-17-24-9-4/h10-16H,6-9,17H2,1-5H3. The summed E-state index contributed by atoms with van der Waals surface area (Å²) in [6, 6.07) is 15.5. The molecule has 2 rings (SSSR count). The third kappa shape index (κ3) is 4.43. The van der Waals surface area contributed by atoms with Gasteiger partial charge in [0.25, 0.3) is 0 Å². The largest absolute Gasteiger partial charge is 0.467 e. The number of aryl methyl sites for hydroxylation is 1. The molecule has 2 heteroatoms. The third-order valence-electron chi connectivity index (χ3n) is 5.54. The molecule has 0 aromatic heterocycles. The van der Waals surface area contributed by atoms with Crippen molar-refractivity contribution in [3.05, 3.63) is 53.6 Å². The van der Waals surface area contributed by atoms with E-state index in [1.165, 1.54) is 36.0 Å². The molecule has 0 aliphatic heterocycles. The first-order valence-corrected chi connectivity index (χ1v) is 9.52. The fourth-order valence-electron chi connectivity index (χ4n) is 3.56. The summed E-state index contributed by atoms with van der Waals surface area (Å²) in [4.78, 5) is 0. The maximum atomic E-state index is 5.65. The minimum absolute atomic E-state index is 0.304. The van der Waals surface area contributed by atoms with Crippen LogP contribution in [0.2, 0.25) is 0 Å². The predicted molar refractivity (Wildman–Crippen MR) is 106 cm³/mol. The Morgan fingerprint density at radius 2 is 1.40 bits per heavy atom. The molecule has 0 fully saturated rings. The first kappa shape index (κ1) is 19.5. The summed E-state index contributed by atoms with van der Waals surface area (Å²) < 4.78 is 10.9. The Labute approximate surface area is 153 Å². The lowest BCUT2D eigenvalue weighted by Gasteiger charge is -2.31. The summed E-state index contributed by atoms with van der Waals surface area (Å²) in [5, 5.41) is 0. The molecule has 0 aliphatic rings. The summed E-state index contributed by atoms with van der Waals surface area (Å²) in [5.74, 6) is 0.885. The Kier molecular flexibility index (Phi) is 7.07. The van der Waals surface area contributed by atoms with Gasteiger partial charge in [-0.2, -0.15) is 0 Å². The van der Waals surface area contributed by atoms with Crippen LogP contribution in [0.15, 0.2) is 42.5 Å². The Morgan fingerprint density at radius 1 is 0.800 bits per heavy atom. The van der Waals surface area contributed by atoms with Crippen LogP contribution in [0.25, 0.3) is 11.1 Å². The quantitative estimate of drug-likeness (QED) is 0.383. The van der Waals surface area contributed by atoms with Crippen molar-refractivity contribution >= 4 is 0 Å². The SMILES string of the molecule is CCOCOc1ccc(-c2ccc(C(CC)(CC)CC)cc2)cc1C. The lowest BCUT2D eigenvalue weighted by atomic mass is 9.73. The number of ether oxygens (including phenoxy) is 2. The van der Waals surface area contributed by atoms with Crippen molar-refractivity contribution in [2.24, 2.45) is 0 Å². The van der Waals surface area contributed by atoms with Gasteiger partial charge in [0.2, 0.25) is 0 Å². The van der Waals surface area contributed by atoms with Gasteiger partial charge in [-0.3, -0.25) is 0 Å². The van der Waals surface area contributed by atoms with E-state index in [1.54, 1.807) is 0 Å². The zero-order valence-corrected chi connectivity index (χ0v) is 16.4. The molecule has 0 radical (unpaired) electrons. The van der Waals surface area contributed by atoms with Crippen LogP contribution in [0.3, 0.4) is 0 Å². The molecule has 0 N–H and O–H groups in total. The second-order valence-corrected chi connectivity index (χ2v) is 6.65. The summed E-state index contributed by atoms with van der Waals surface area (Å²) in [6.07, 6.45) is 3.55. The second kappa shape index (κ2) is 9.05. The summed E-state index contributed by atoms with van der Waals surface area (Å²) in [5.41, 5.74) is 5.37. The average Bonchev–Trinajstić information content (AvgIpc) is 2.66. The van der Waals surface area contributed by atoms with Crippen LogP contribution in [0.5, 0.6) is 5.75 Å². The van der Waals surface area contributed by atoms with Gasteiger partial charge in [-0.25, -0.2) is 0 Å². The summed E-state index contributed by atoms with van der Waals surface area (Å²) >= 11 is 0. The maximum Gasteiger partial charge on any atom is 0.189 e. The summed E-state index contributed by atoms with van der Waals surface area (Å²) in [6.45, 7) is 11.9.